The lowest BCUT2D eigenvalue weighted by molar-refractivity contribution is -0.156. The van der Waals surface area contributed by atoms with Crippen LogP contribution in [0.3, 0.4) is 0 Å². The Bertz CT molecular complexity index is 894. The van der Waals surface area contributed by atoms with Crippen LogP contribution in [0.25, 0.3) is 0 Å². The molecule has 9 heteroatoms. The molecule has 228 valence electrons. The fourth-order valence-electron chi connectivity index (χ4n) is 8.79. The minimum Gasteiger partial charge on any atom is -0.481 e. The molecule has 3 rings (SSSR count). The number of hydrogen-bond acceptors (Lipinski definition) is 6. The molecule has 0 aromatic carbocycles. The van der Waals surface area contributed by atoms with Crippen molar-refractivity contribution in [1.29, 1.82) is 0 Å². The highest BCUT2D eigenvalue weighted by molar-refractivity contribution is 5.92. The zero-order valence-corrected chi connectivity index (χ0v) is 24.6. The molecular formula is C31H51NO8. The number of hydrogen-bond donors (Lipinski definition) is 4. The van der Waals surface area contributed by atoms with Crippen LogP contribution in [0.5, 0.6) is 0 Å². The first-order valence-corrected chi connectivity index (χ1v) is 15.5. The summed E-state index contributed by atoms with van der Waals surface area (Å²) in [5.74, 6) is -2.28. The summed E-state index contributed by atoms with van der Waals surface area (Å²) in [7, 11) is 0. The molecule has 0 heterocycles. The van der Waals surface area contributed by atoms with E-state index < -0.39 is 42.3 Å². The first-order chi connectivity index (χ1) is 18.9. The number of fused-ring (bicyclic) bond motifs is 3. The molecular weight excluding hydrogens is 514 g/mol. The summed E-state index contributed by atoms with van der Waals surface area (Å²) in [6, 6.07) is -1.13. The van der Waals surface area contributed by atoms with Crippen LogP contribution in [-0.2, 0) is 23.9 Å². The van der Waals surface area contributed by atoms with Gasteiger partial charge >= 0.3 is 23.9 Å². The standard InChI is InChI=1S/C31H51NO8/c1-4-5-6-21(40-30(39)26(32)17-27(33)34)16-19-8-10-22-20(15-19)13-14-31(3)24(11-12-25(22)31)18(2)7-9-23(28(35)36)29(37)38/h18-26H,4-17,32H2,1-3H3,(H,33,34)(H,35,36)(H,37,38)/t18-,19+,20-,21-,22-,24?,25+,26+,31-/m1/s1. The molecule has 3 fully saturated rings. The second kappa shape index (κ2) is 14.1. The number of unbranched alkanes of at least 4 members (excludes halogenated alkanes) is 1. The van der Waals surface area contributed by atoms with Gasteiger partial charge in [-0.15, -0.1) is 0 Å². The molecule has 3 aliphatic rings. The zero-order valence-electron chi connectivity index (χ0n) is 24.6. The van der Waals surface area contributed by atoms with E-state index in [0.29, 0.717) is 41.9 Å². The summed E-state index contributed by atoms with van der Waals surface area (Å²) < 4.78 is 5.75. The lowest BCUT2D eigenvalue weighted by atomic mass is 9.52. The molecule has 0 spiro atoms. The second-order valence-corrected chi connectivity index (χ2v) is 13.4. The quantitative estimate of drug-likeness (QED) is 0.151. The van der Waals surface area contributed by atoms with Crippen LogP contribution in [0.2, 0.25) is 0 Å². The molecule has 0 saturated heterocycles. The van der Waals surface area contributed by atoms with Gasteiger partial charge in [-0.2, -0.15) is 0 Å². The van der Waals surface area contributed by atoms with Crippen LogP contribution >= 0.6 is 0 Å². The molecule has 0 aromatic heterocycles. The summed E-state index contributed by atoms with van der Waals surface area (Å²) in [6.45, 7) is 6.72. The molecule has 0 amide bonds. The summed E-state index contributed by atoms with van der Waals surface area (Å²) in [6.07, 6.45) is 11.8. The van der Waals surface area contributed by atoms with E-state index >= 15 is 0 Å². The Morgan fingerprint density at radius 1 is 0.975 bits per heavy atom. The van der Waals surface area contributed by atoms with E-state index in [1.807, 2.05) is 0 Å². The highest BCUT2D eigenvalue weighted by atomic mass is 16.5. The van der Waals surface area contributed by atoms with E-state index in [1.165, 1.54) is 19.3 Å². The van der Waals surface area contributed by atoms with Crippen LogP contribution in [0.1, 0.15) is 111 Å². The number of nitrogens with two attached hydrogens (primary N) is 1. The Labute approximate surface area is 238 Å². The Balaban J connectivity index is 1.58. The van der Waals surface area contributed by atoms with Crippen LogP contribution < -0.4 is 5.73 Å². The maximum Gasteiger partial charge on any atom is 0.323 e. The molecule has 9 atom stereocenters. The number of esters is 1. The third-order valence-electron chi connectivity index (χ3n) is 10.9. The minimum atomic E-state index is -1.33. The third kappa shape index (κ3) is 7.77. The van der Waals surface area contributed by atoms with E-state index in [2.05, 4.69) is 20.8 Å². The summed E-state index contributed by atoms with van der Waals surface area (Å²) in [5, 5.41) is 27.5. The zero-order chi connectivity index (χ0) is 29.6. The van der Waals surface area contributed by atoms with Crippen molar-refractivity contribution in [3.63, 3.8) is 0 Å². The fourth-order valence-corrected chi connectivity index (χ4v) is 8.79. The molecule has 0 aliphatic heterocycles. The average molecular weight is 566 g/mol. The number of aliphatic carboxylic acids is 3. The van der Waals surface area contributed by atoms with Crippen LogP contribution in [0.15, 0.2) is 0 Å². The molecule has 3 aliphatic carbocycles. The van der Waals surface area contributed by atoms with Gasteiger partial charge in [-0.3, -0.25) is 19.2 Å². The van der Waals surface area contributed by atoms with Gasteiger partial charge < -0.3 is 25.8 Å². The molecule has 3 saturated carbocycles. The van der Waals surface area contributed by atoms with Crippen molar-refractivity contribution in [3.8, 4) is 0 Å². The van der Waals surface area contributed by atoms with Crippen molar-refractivity contribution < 1.29 is 39.2 Å². The predicted octanol–water partition coefficient (Wildman–Crippen LogP) is 5.34. The molecule has 0 radical (unpaired) electrons. The number of carboxylic acids is 3. The van der Waals surface area contributed by atoms with Crippen LogP contribution in [0.4, 0.5) is 0 Å². The van der Waals surface area contributed by atoms with E-state index in [9.17, 15) is 29.4 Å². The Morgan fingerprint density at radius 2 is 1.68 bits per heavy atom. The van der Waals surface area contributed by atoms with Crippen molar-refractivity contribution >= 4 is 23.9 Å². The van der Waals surface area contributed by atoms with Crippen LogP contribution in [-0.4, -0.2) is 51.3 Å². The molecule has 0 bridgehead atoms. The maximum absolute atomic E-state index is 12.4. The van der Waals surface area contributed by atoms with Gasteiger partial charge in [0.2, 0.25) is 0 Å². The number of rotatable bonds is 15. The maximum atomic E-state index is 12.4. The third-order valence-corrected chi connectivity index (χ3v) is 10.9. The Morgan fingerprint density at radius 3 is 2.30 bits per heavy atom. The van der Waals surface area contributed by atoms with E-state index in [0.717, 1.165) is 51.4 Å². The summed E-state index contributed by atoms with van der Waals surface area (Å²) in [4.78, 5) is 46.1. The highest BCUT2D eigenvalue weighted by Gasteiger charge is 2.55. The fraction of sp³-hybridized carbons (Fsp3) is 0.871. The van der Waals surface area contributed by atoms with Gasteiger partial charge in [0.15, 0.2) is 5.92 Å². The van der Waals surface area contributed by atoms with Crippen molar-refractivity contribution in [1.82, 2.24) is 0 Å². The van der Waals surface area contributed by atoms with Crippen molar-refractivity contribution in [3.05, 3.63) is 0 Å². The van der Waals surface area contributed by atoms with Gasteiger partial charge in [0.05, 0.1) is 6.42 Å². The Kier molecular flexibility index (Phi) is 11.4. The summed E-state index contributed by atoms with van der Waals surface area (Å²) >= 11 is 0. The molecule has 9 nitrogen and oxygen atoms in total. The highest BCUT2D eigenvalue weighted by Crippen LogP contribution is 2.64. The first-order valence-electron chi connectivity index (χ1n) is 15.5. The molecule has 0 aromatic rings. The van der Waals surface area contributed by atoms with Crippen molar-refractivity contribution in [2.24, 2.45) is 52.6 Å². The Hall–Kier alpha value is -2.16. The average Bonchev–Trinajstić information content (AvgIpc) is 3.23. The van der Waals surface area contributed by atoms with Crippen molar-refractivity contribution in [2.75, 3.05) is 0 Å². The minimum absolute atomic E-state index is 0.182. The molecule has 1 unspecified atom stereocenters. The monoisotopic (exact) mass is 565 g/mol. The van der Waals surface area contributed by atoms with Gasteiger partial charge in [0, 0.05) is 0 Å². The van der Waals surface area contributed by atoms with E-state index in [4.69, 9.17) is 15.6 Å². The van der Waals surface area contributed by atoms with Gasteiger partial charge in [-0.05, 0) is 105 Å². The molecule has 5 N–H and O–H groups in total. The van der Waals surface area contributed by atoms with Gasteiger partial charge in [-0.25, -0.2) is 0 Å². The topological polar surface area (TPSA) is 164 Å². The van der Waals surface area contributed by atoms with Crippen LogP contribution in [0, 0.1) is 46.8 Å². The second-order valence-electron chi connectivity index (χ2n) is 13.4. The van der Waals surface area contributed by atoms with Gasteiger partial charge in [-0.1, -0.05) is 40.0 Å². The first kappa shape index (κ1) is 32.4. The van der Waals surface area contributed by atoms with Crippen molar-refractivity contribution in [2.45, 2.75) is 123 Å². The largest absolute Gasteiger partial charge is 0.481 e. The number of carbonyl (C=O) groups excluding carboxylic acids is 1. The number of carboxylic acid groups (broad SMARTS) is 3. The predicted molar refractivity (Wildman–Crippen MR) is 149 cm³/mol. The lowest BCUT2D eigenvalue weighted by Gasteiger charge is -2.53. The summed E-state index contributed by atoms with van der Waals surface area (Å²) in [5.41, 5.74) is 5.98. The van der Waals surface area contributed by atoms with Gasteiger partial charge in [0.1, 0.15) is 12.1 Å². The van der Waals surface area contributed by atoms with E-state index in [-0.39, 0.29) is 17.9 Å². The normalized spacial score (nSPS) is 32.0. The number of carbonyl (C=O) groups is 4. The number of ether oxygens (including phenoxy) is 1. The van der Waals surface area contributed by atoms with Gasteiger partial charge in [0.25, 0.3) is 0 Å². The SMILES string of the molecule is CCCC[C@H](C[C@H]1CC[C@@H]2[C@H](CC[C@]3(C)C([C@H](C)CCC(C(=O)O)C(=O)O)CC[C@@H]23)C1)OC(=O)[C@@H](N)CC(=O)O. The molecule has 40 heavy (non-hydrogen) atoms. The lowest BCUT2D eigenvalue weighted by Crippen LogP contribution is -2.45. The van der Waals surface area contributed by atoms with E-state index in [1.54, 1.807) is 0 Å². The smallest absolute Gasteiger partial charge is 0.323 e.